The van der Waals surface area contributed by atoms with Gasteiger partial charge < -0.3 is 19.7 Å². The normalized spacial score (nSPS) is 14.7. The van der Waals surface area contributed by atoms with Gasteiger partial charge in [0.05, 0.1) is 42.6 Å². The van der Waals surface area contributed by atoms with Crippen LogP contribution in [0.3, 0.4) is 0 Å². The second-order valence-electron chi connectivity index (χ2n) is 7.64. The van der Waals surface area contributed by atoms with Gasteiger partial charge in [-0.25, -0.2) is 8.42 Å². The van der Waals surface area contributed by atoms with Crippen LogP contribution in [0.2, 0.25) is 0 Å². The molecule has 0 spiro atoms. The Kier molecular flexibility index (Phi) is 6.62. The summed E-state index contributed by atoms with van der Waals surface area (Å²) in [6, 6.07) is 4.92. The molecule has 0 radical (unpaired) electrons. The van der Waals surface area contributed by atoms with Gasteiger partial charge in [-0.2, -0.15) is 0 Å². The van der Waals surface area contributed by atoms with Crippen LogP contribution in [-0.4, -0.2) is 51.0 Å². The average Bonchev–Trinajstić information content (AvgIpc) is 3.19. The minimum Gasteiger partial charge on any atom is -0.493 e. The molecule has 1 aromatic heterocycles. The molecule has 1 N–H and O–H groups in total. The summed E-state index contributed by atoms with van der Waals surface area (Å²) in [5.74, 6) is 0.769. The molecular formula is C21H28N2O5S2. The molecule has 0 bridgehead atoms. The van der Waals surface area contributed by atoms with Crippen molar-refractivity contribution < 1.29 is 22.7 Å². The van der Waals surface area contributed by atoms with E-state index in [9.17, 15) is 13.2 Å². The van der Waals surface area contributed by atoms with E-state index in [0.29, 0.717) is 35.8 Å². The molecule has 2 heterocycles. The Morgan fingerprint density at radius 3 is 2.60 bits per heavy atom. The maximum absolute atomic E-state index is 13.2. The highest BCUT2D eigenvalue weighted by atomic mass is 32.2. The highest BCUT2D eigenvalue weighted by Gasteiger charge is 2.38. The van der Waals surface area contributed by atoms with Crippen molar-refractivity contribution in [3.8, 4) is 11.5 Å². The molecule has 0 saturated heterocycles. The van der Waals surface area contributed by atoms with Crippen LogP contribution in [0.15, 0.2) is 23.6 Å². The molecule has 1 aliphatic heterocycles. The number of sulfone groups is 1. The molecule has 0 unspecified atom stereocenters. The Bertz CT molecular complexity index is 1030. The quantitative estimate of drug-likeness (QED) is 0.624. The lowest BCUT2D eigenvalue weighted by Crippen LogP contribution is -2.33. The topological polar surface area (TPSA) is 84.9 Å². The summed E-state index contributed by atoms with van der Waals surface area (Å²) in [5, 5.41) is 6.18. The van der Waals surface area contributed by atoms with Crippen molar-refractivity contribution in [2.75, 3.05) is 31.0 Å². The second-order valence-corrected chi connectivity index (χ2v) is 10.7. The Morgan fingerprint density at radius 1 is 1.27 bits per heavy atom. The molecule has 1 aromatic carbocycles. The fraction of sp³-hybridized carbons (Fsp3) is 0.476. The van der Waals surface area contributed by atoms with Crippen LogP contribution < -0.4 is 14.8 Å². The summed E-state index contributed by atoms with van der Waals surface area (Å²) in [6.07, 6.45) is 1.19. The summed E-state index contributed by atoms with van der Waals surface area (Å²) < 4.78 is 35.5. The minimum atomic E-state index is -3.35. The van der Waals surface area contributed by atoms with Crippen molar-refractivity contribution >= 4 is 32.1 Å². The Labute approximate surface area is 181 Å². The number of thiophene rings is 1. The first kappa shape index (κ1) is 22.4. The van der Waals surface area contributed by atoms with E-state index in [-0.39, 0.29) is 17.7 Å². The van der Waals surface area contributed by atoms with Crippen molar-refractivity contribution in [3.63, 3.8) is 0 Å². The number of carbonyl (C=O) groups is 1. The van der Waals surface area contributed by atoms with Crippen molar-refractivity contribution in [2.24, 2.45) is 0 Å². The molecular weight excluding hydrogens is 424 g/mol. The third kappa shape index (κ3) is 4.73. The van der Waals surface area contributed by atoms with Crippen LogP contribution in [0.4, 0.5) is 5.00 Å². The SMILES string of the molecule is CCOc1cc([C@H](CS(C)(=O)=O)N2Cc3c(csc3NC(C)C)C2=O)ccc1OC. The van der Waals surface area contributed by atoms with Gasteiger partial charge in [0.15, 0.2) is 11.5 Å². The molecule has 164 valence electrons. The molecule has 3 rings (SSSR count). The summed E-state index contributed by atoms with van der Waals surface area (Å²) in [6.45, 7) is 6.76. The standard InChI is InChI=1S/C21H28N2O5S2/c1-6-28-19-9-14(7-8-18(19)27-4)17(12-30(5,25)26)23-10-15-16(21(23)24)11-29-20(15)22-13(2)3/h7-9,11,13,17,22H,6,10,12H2,1-5H3/t17-/m0/s1. The van der Waals surface area contributed by atoms with Crippen molar-refractivity contribution in [1.29, 1.82) is 0 Å². The zero-order valence-corrected chi connectivity index (χ0v) is 19.5. The molecule has 0 fully saturated rings. The van der Waals surface area contributed by atoms with Crippen molar-refractivity contribution in [3.05, 3.63) is 40.3 Å². The lowest BCUT2D eigenvalue weighted by Gasteiger charge is -2.28. The third-order valence-corrected chi connectivity index (χ3v) is 6.72. The zero-order chi connectivity index (χ0) is 22.1. The second kappa shape index (κ2) is 8.85. The van der Waals surface area contributed by atoms with E-state index in [4.69, 9.17) is 9.47 Å². The largest absolute Gasteiger partial charge is 0.493 e. The summed E-state index contributed by atoms with van der Waals surface area (Å²) in [7, 11) is -1.80. The number of nitrogens with one attached hydrogen (secondary N) is 1. The molecule has 0 saturated carbocycles. The van der Waals surface area contributed by atoms with E-state index in [1.807, 2.05) is 26.2 Å². The monoisotopic (exact) mass is 452 g/mol. The Balaban J connectivity index is 2.00. The first-order valence-corrected chi connectivity index (χ1v) is 12.7. The van der Waals surface area contributed by atoms with Gasteiger partial charge in [0.1, 0.15) is 9.84 Å². The smallest absolute Gasteiger partial charge is 0.255 e. The van der Waals surface area contributed by atoms with Gasteiger partial charge in [0.25, 0.3) is 5.91 Å². The lowest BCUT2D eigenvalue weighted by atomic mass is 10.1. The number of nitrogens with zero attached hydrogens (tertiary/aromatic N) is 1. The molecule has 30 heavy (non-hydrogen) atoms. The molecule has 7 nitrogen and oxygen atoms in total. The van der Waals surface area contributed by atoms with Crippen LogP contribution in [-0.2, 0) is 16.4 Å². The molecule has 2 aromatic rings. The number of ether oxygens (including phenoxy) is 2. The van der Waals surface area contributed by atoms with E-state index in [2.05, 4.69) is 5.32 Å². The van der Waals surface area contributed by atoms with Crippen LogP contribution >= 0.6 is 11.3 Å². The average molecular weight is 453 g/mol. The maximum Gasteiger partial charge on any atom is 0.255 e. The molecule has 1 atom stereocenters. The predicted octanol–water partition coefficient (Wildman–Crippen LogP) is 3.72. The van der Waals surface area contributed by atoms with Crippen molar-refractivity contribution in [2.45, 2.75) is 39.4 Å². The number of carbonyl (C=O) groups excluding carboxylic acids is 1. The van der Waals surface area contributed by atoms with Crippen LogP contribution in [0, 0.1) is 0 Å². The number of hydrogen-bond donors (Lipinski definition) is 1. The van der Waals surface area contributed by atoms with Gasteiger partial charge in [-0.15, -0.1) is 11.3 Å². The Morgan fingerprint density at radius 2 is 2.00 bits per heavy atom. The number of rotatable bonds is 9. The highest BCUT2D eigenvalue weighted by Crippen LogP contribution is 2.41. The molecule has 1 aliphatic rings. The van der Waals surface area contributed by atoms with E-state index in [1.54, 1.807) is 30.2 Å². The van der Waals surface area contributed by atoms with Gasteiger partial charge in [0.2, 0.25) is 0 Å². The summed E-state index contributed by atoms with van der Waals surface area (Å²) in [5.41, 5.74) is 2.26. The van der Waals surface area contributed by atoms with Crippen LogP contribution in [0.25, 0.3) is 0 Å². The Hall–Kier alpha value is -2.26. The lowest BCUT2D eigenvalue weighted by molar-refractivity contribution is 0.0718. The van der Waals surface area contributed by atoms with E-state index in [1.165, 1.54) is 17.6 Å². The van der Waals surface area contributed by atoms with Gasteiger partial charge in [0, 0.05) is 23.2 Å². The molecule has 0 aliphatic carbocycles. The first-order valence-electron chi connectivity index (χ1n) is 9.81. The van der Waals surface area contributed by atoms with Crippen molar-refractivity contribution in [1.82, 2.24) is 4.90 Å². The highest BCUT2D eigenvalue weighted by molar-refractivity contribution is 7.90. The predicted molar refractivity (Wildman–Crippen MR) is 120 cm³/mol. The van der Waals surface area contributed by atoms with Crippen LogP contribution in [0.1, 0.15) is 48.3 Å². The van der Waals surface area contributed by atoms with Crippen LogP contribution in [0.5, 0.6) is 11.5 Å². The van der Waals surface area contributed by atoms with E-state index in [0.717, 1.165) is 10.6 Å². The van der Waals surface area contributed by atoms with E-state index < -0.39 is 15.9 Å². The first-order chi connectivity index (χ1) is 14.1. The number of hydrogen-bond acceptors (Lipinski definition) is 7. The summed E-state index contributed by atoms with van der Waals surface area (Å²) >= 11 is 1.51. The number of benzene rings is 1. The van der Waals surface area contributed by atoms with Gasteiger partial charge in [-0.05, 0) is 38.5 Å². The number of methoxy groups -OCH3 is 1. The maximum atomic E-state index is 13.2. The number of anilines is 1. The molecule has 9 heteroatoms. The van der Waals surface area contributed by atoms with E-state index >= 15 is 0 Å². The fourth-order valence-corrected chi connectivity index (χ4v) is 5.62. The summed E-state index contributed by atoms with van der Waals surface area (Å²) in [4.78, 5) is 14.8. The fourth-order valence-electron chi connectivity index (χ4n) is 3.57. The van der Waals surface area contributed by atoms with Gasteiger partial charge >= 0.3 is 0 Å². The van der Waals surface area contributed by atoms with Gasteiger partial charge in [-0.1, -0.05) is 6.07 Å². The number of amides is 1. The van der Waals surface area contributed by atoms with Gasteiger partial charge in [-0.3, -0.25) is 4.79 Å². The zero-order valence-electron chi connectivity index (χ0n) is 17.9. The minimum absolute atomic E-state index is 0.152. The third-order valence-electron chi connectivity index (χ3n) is 4.84. The molecule has 1 amide bonds. The number of fused-ring (bicyclic) bond motifs is 1.